The van der Waals surface area contributed by atoms with Gasteiger partial charge in [0.15, 0.2) is 0 Å². The summed E-state index contributed by atoms with van der Waals surface area (Å²) in [5.74, 6) is 0.840. The van der Waals surface area contributed by atoms with E-state index in [9.17, 15) is 0 Å². The average Bonchev–Trinajstić information content (AvgIpc) is 2.73. The summed E-state index contributed by atoms with van der Waals surface area (Å²) in [6.07, 6.45) is 1.33. The van der Waals surface area contributed by atoms with Gasteiger partial charge in [-0.1, -0.05) is 32.9 Å². The quantitative estimate of drug-likeness (QED) is 0.876. The minimum Gasteiger partial charge on any atom is -0.371 e. The minimum absolute atomic E-state index is 0.546. The molecule has 0 spiro atoms. The second-order valence-electron chi connectivity index (χ2n) is 6.00. The Labute approximate surface area is 111 Å². The van der Waals surface area contributed by atoms with Gasteiger partial charge < -0.3 is 10.2 Å². The van der Waals surface area contributed by atoms with E-state index in [-0.39, 0.29) is 0 Å². The molecule has 1 fully saturated rings. The molecule has 0 aliphatic carbocycles. The van der Waals surface area contributed by atoms with Gasteiger partial charge in [-0.25, -0.2) is 0 Å². The number of hydrogen-bond acceptors (Lipinski definition) is 2. The van der Waals surface area contributed by atoms with Crippen molar-refractivity contribution in [1.82, 2.24) is 5.32 Å². The van der Waals surface area contributed by atoms with Crippen molar-refractivity contribution in [3.05, 3.63) is 29.3 Å². The molecule has 2 heteroatoms. The van der Waals surface area contributed by atoms with Gasteiger partial charge in [0.25, 0.3) is 0 Å². The number of benzene rings is 1. The molecule has 100 valence electrons. The van der Waals surface area contributed by atoms with E-state index < -0.39 is 0 Å². The third kappa shape index (κ3) is 3.26. The molecule has 1 aromatic rings. The zero-order valence-electron chi connectivity index (χ0n) is 12.2. The van der Waals surface area contributed by atoms with Crippen LogP contribution in [0.2, 0.25) is 0 Å². The van der Waals surface area contributed by atoms with Gasteiger partial charge in [-0.3, -0.25) is 0 Å². The van der Waals surface area contributed by atoms with E-state index in [4.69, 9.17) is 0 Å². The zero-order chi connectivity index (χ0) is 13.1. The van der Waals surface area contributed by atoms with Gasteiger partial charge in [-0.15, -0.1) is 0 Å². The molecular formula is C16H26N2. The Bertz CT molecular complexity index is 398. The van der Waals surface area contributed by atoms with Crippen LogP contribution < -0.4 is 10.2 Å². The summed E-state index contributed by atoms with van der Waals surface area (Å²) in [7, 11) is 0. The van der Waals surface area contributed by atoms with E-state index in [2.05, 4.69) is 56.1 Å². The maximum Gasteiger partial charge on any atom is 0.0396 e. The van der Waals surface area contributed by atoms with Crippen LogP contribution in [0.1, 0.15) is 38.3 Å². The average molecular weight is 246 g/mol. The highest BCUT2D eigenvalue weighted by atomic mass is 15.1. The van der Waals surface area contributed by atoms with Crippen molar-refractivity contribution < 1.29 is 0 Å². The van der Waals surface area contributed by atoms with Crippen LogP contribution in [-0.2, 0) is 6.54 Å². The molecule has 0 bridgehead atoms. The van der Waals surface area contributed by atoms with E-state index in [0.29, 0.717) is 6.04 Å². The highest BCUT2D eigenvalue weighted by molar-refractivity contribution is 5.55. The maximum atomic E-state index is 3.47. The number of nitrogens with one attached hydrogen (secondary N) is 1. The number of hydrogen-bond donors (Lipinski definition) is 1. The molecule has 1 heterocycles. The lowest BCUT2D eigenvalue weighted by molar-refractivity contribution is 0.588. The monoisotopic (exact) mass is 246 g/mol. The predicted molar refractivity (Wildman–Crippen MR) is 79.1 cm³/mol. The molecule has 2 nitrogen and oxygen atoms in total. The Kier molecular flexibility index (Phi) is 4.28. The van der Waals surface area contributed by atoms with E-state index in [1.54, 1.807) is 0 Å². The normalized spacial score (nSPS) is 19.8. The molecule has 0 aromatic heterocycles. The van der Waals surface area contributed by atoms with Crippen molar-refractivity contribution >= 4 is 5.69 Å². The van der Waals surface area contributed by atoms with Crippen LogP contribution in [0, 0.1) is 12.8 Å². The number of rotatable bonds is 4. The third-order valence-corrected chi connectivity index (χ3v) is 3.74. The summed E-state index contributed by atoms with van der Waals surface area (Å²) < 4.78 is 0. The molecule has 1 N–H and O–H groups in total. The molecule has 1 unspecified atom stereocenters. The predicted octanol–water partition coefficient (Wildman–Crippen LogP) is 3.34. The Morgan fingerprint density at radius 1 is 1.39 bits per heavy atom. The second-order valence-corrected chi connectivity index (χ2v) is 6.00. The van der Waals surface area contributed by atoms with Gasteiger partial charge in [0.2, 0.25) is 0 Å². The highest BCUT2D eigenvalue weighted by Crippen LogP contribution is 2.27. The topological polar surface area (TPSA) is 15.3 Å². The van der Waals surface area contributed by atoms with Gasteiger partial charge in [0, 0.05) is 31.4 Å². The fourth-order valence-electron chi connectivity index (χ4n) is 2.66. The van der Waals surface area contributed by atoms with E-state index >= 15 is 0 Å². The van der Waals surface area contributed by atoms with Gasteiger partial charge >= 0.3 is 0 Å². The van der Waals surface area contributed by atoms with E-state index in [1.807, 2.05) is 0 Å². The third-order valence-electron chi connectivity index (χ3n) is 3.74. The summed E-state index contributed by atoms with van der Waals surface area (Å²) >= 11 is 0. The number of anilines is 1. The summed E-state index contributed by atoms with van der Waals surface area (Å²) in [5.41, 5.74) is 4.22. The Balaban J connectivity index is 2.05. The second kappa shape index (κ2) is 5.75. The summed E-state index contributed by atoms with van der Waals surface area (Å²) in [4.78, 5) is 2.53. The largest absolute Gasteiger partial charge is 0.371 e. The minimum atomic E-state index is 0.546. The van der Waals surface area contributed by atoms with Gasteiger partial charge in [0.05, 0.1) is 0 Å². The Morgan fingerprint density at radius 3 is 2.72 bits per heavy atom. The van der Waals surface area contributed by atoms with Crippen LogP contribution >= 0.6 is 0 Å². The SMILES string of the molecule is Cc1cc(CNC(C)C)ccc1N1CCC(C)C1. The molecular weight excluding hydrogens is 220 g/mol. The van der Waals surface area contributed by atoms with Crippen LogP contribution in [0.25, 0.3) is 0 Å². The van der Waals surface area contributed by atoms with Crippen molar-refractivity contribution in [2.24, 2.45) is 5.92 Å². The van der Waals surface area contributed by atoms with Crippen molar-refractivity contribution in [3.8, 4) is 0 Å². The number of aryl methyl sites for hydroxylation is 1. The van der Waals surface area contributed by atoms with Crippen molar-refractivity contribution in [1.29, 1.82) is 0 Å². The fraction of sp³-hybridized carbons (Fsp3) is 0.625. The first-order valence-corrected chi connectivity index (χ1v) is 7.14. The molecule has 2 rings (SSSR count). The molecule has 0 saturated carbocycles. The number of nitrogens with zero attached hydrogens (tertiary/aromatic N) is 1. The van der Waals surface area contributed by atoms with Crippen molar-refractivity contribution in [2.45, 2.75) is 46.7 Å². The molecule has 18 heavy (non-hydrogen) atoms. The summed E-state index contributed by atoms with van der Waals surface area (Å²) in [6, 6.07) is 7.43. The molecule has 1 aliphatic rings. The molecule has 1 aromatic carbocycles. The van der Waals surface area contributed by atoms with Crippen LogP contribution in [0.3, 0.4) is 0 Å². The van der Waals surface area contributed by atoms with Crippen molar-refractivity contribution in [3.63, 3.8) is 0 Å². The van der Waals surface area contributed by atoms with Crippen LogP contribution in [0.15, 0.2) is 18.2 Å². The fourth-order valence-corrected chi connectivity index (χ4v) is 2.66. The molecule has 0 radical (unpaired) electrons. The smallest absolute Gasteiger partial charge is 0.0396 e. The van der Waals surface area contributed by atoms with Crippen molar-refractivity contribution in [2.75, 3.05) is 18.0 Å². The van der Waals surface area contributed by atoms with Gasteiger partial charge in [-0.2, -0.15) is 0 Å². The van der Waals surface area contributed by atoms with Crippen LogP contribution in [-0.4, -0.2) is 19.1 Å². The zero-order valence-corrected chi connectivity index (χ0v) is 12.2. The molecule has 1 atom stereocenters. The molecule has 1 saturated heterocycles. The van der Waals surface area contributed by atoms with E-state index in [0.717, 1.165) is 12.5 Å². The lowest BCUT2D eigenvalue weighted by Crippen LogP contribution is -2.22. The first-order chi connectivity index (χ1) is 8.56. The first kappa shape index (κ1) is 13.4. The van der Waals surface area contributed by atoms with Gasteiger partial charge in [-0.05, 0) is 36.5 Å². The lowest BCUT2D eigenvalue weighted by Gasteiger charge is -2.21. The highest BCUT2D eigenvalue weighted by Gasteiger charge is 2.19. The Morgan fingerprint density at radius 2 is 2.17 bits per heavy atom. The maximum absolute atomic E-state index is 3.47. The van der Waals surface area contributed by atoms with E-state index in [1.165, 1.54) is 36.3 Å². The first-order valence-electron chi connectivity index (χ1n) is 7.14. The Hall–Kier alpha value is -1.02. The molecule has 0 amide bonds. The lowest BCUT2D eigenvalue weighted by atomic mass is 10.1. The standard InChI is InChI=1S/C16H26N2/c1-12(2)17-10-15-5-6-16(14(4)9-15)18-8-7-13(3)11-18/h5-6,9,12-13,17H,7-8,10-11H2,1-4H3. The molecule has 1 aliphatic heterocycles. The van der Waals surface area contributed by atoms with Gasteiger partial charge in [0.1, 0.15) is 0 Å². The van der Waals surface area contributed by atoms with Crippen LogP contribution in [0.5, 0.6) is 0 Å². The van der Waals surface area contributed by atoms with Crippen LogP contribution in [0.4, 0.5) is 5.69 Å². The summed E-state index contributed by atoms with van der Waals surface area (Å²) in [5, 5.41) is 3.47. The summed E-state index contributed by atoms with van der Waals surface area (Å²) in [6.45, 7) is 12.3.